The molecular formula is C17H16BrN3O3S. The van der Waals surface area contributed by atoms with Crippen molar-refractivity contribution in [2.75, 3.05) is 12.4 Å². The van der Waals surface area contributed by atoms with Crippen molar-refractivity contribution in [2.45, 2.75) is 6.92 Å². The molecule has 1 N–H and O–H groups in total. The van der Waals surface area contributed by atoms with Crippen molar-refractivity contribution in [1.29, 1.82) is 0 Å². The van der Waals surface area contributed by atoms with Gasteiger partial charge in [0.1, 0.15) is 0 Å². The smallest absolute Gasteiger partial charge is 0.311 e. The number of rotatable bonds is 5. The summed E-state index contributed by atoms with van der Waals surface area (Å²) < 4.78 is 5.02. The molecule has 1 heterocycles. The van der Waals surface area contributed by atoms with E-state index in [0.29, 0.717) is 11.3 Å². The number of aryl methyl sites for hydroxylation is 1. The molecule has 0 fully saturated rings. The first-order valence-electron chi connectivity index (χ1n) is 7.19. The van der Waals surface area contributed by atoms with Crippen molar-refractivity contribution in [3.8, 4) is 17.0 Å². The molecule has 0 atom stereocenters. The summed E-state index contributed by atoms with van der Waals surface area (Å²) in [7, 11) is 1.41. The van der Waals surface area contributed by atoms with Crippen LogP contribution in [0.25, 0.3) is 11.3 Å². The van der Waals surface area contributed by atoms with E-state index in [1.165, 1.54) is 24.5 Å². The van der Waals surface area contributed by atoms with Crippen LogP contribution in [0.1, 0.15) is 5.56 Å². The topological polar surface area (TPSA) is 77.3 Å². The second-order valence-electron chi connectivity index (χ2n) is 5.18. The van der Waals surface area contributed by atoms with Gasteiger partial charge in [0.2, 0.25) is 0 Å². The Morgan fingerprint density at radius 3 is 2.72 bits per heavy atom. The largest absolute Gasteiger partial charge is 0.490 e. The van der Waals surface area contributed by atoms with Gasteiger partial charge in [-0.15, -0.1) is 28.3 Å². The predicted octanol–water partition coefficient (Wildman–Crippen LogP) is 5.36. The van der Waals surface area contributed by atoms with Gasteiger partial charge in [0.25, 0.3) is 0 Å². The average molecular weight is 422 g/mol. The van der Waals surface area contributed by atoms with Crippen LogP contribution in [0.4, 0.5) is 16.5 Å². The molecule has 0 aliphatic carbocycles. The molecule has 3 rings (SSSR count). The van der Waals surface area contributed by atoms with Crippen molar-refractivity contribution >= 4 is 44.8 Å². The normalized spacial score (nSPS) is 10.0. The minimum atomic E-state index is -0.458. The number of nitro benzene ring substituents is 1. The summed E-state index contributed by atoms with van der Waals surface area (Å²) in [6, 6.07) is 12.8. The Labute approximate surface area is 159 Å². The number of nitro groups is 1. The third kappa shape index (κ3) is 4.34. The van der Waals surface area contributed by atoms with E-state index in [4.69, 9.17) is 4.74 Å². The molecule has 0 spiro atoms. The van der Waals surface area contributed by atoms with Crippen molar-refractivity contribution in [3.05, 3.63) is 63.5 Å². The zero-order valence-electron chi connectivity index (χ0n) is 13.6. The number of nitrogens with one attached hydrogen (secondary N) is 1. The number of nitrogens with zero attached hydrogens (tertiary/aromatic N) is 2. The molecule has 1 aromatic heterocycles. The molecule has 0 radical (unpaired) electrons. The number of hydrogen-bond donors (Lipinski definition) is 1. The molecule has 2 aromatic carbocycles. The lowest BCUT2D eigenvalue weighted by Crippen LogP contribution is -1.94. The Morgan fingerprint density at radius 2 is 2.04 bits per heavy atom. The highest BCUT2D eigenvalue weighted by Gasteiger charge is 2.17. The number of halogens is 1. The van der Waals surface area contributed by atoms with Crippen LogP contribution < -0.4 is 10.1 Å². The maximum absolute atomic E-state index is 11.1. The number of aromatic nitrogens is 1. The van der Waals surface area contributed by atoms with Crippen molar-refractivity contribution in [3.63, 3.8) is 0 Å². The lowest BCUT2D eigenvalue weighted by atomic mass is 10.1. The Morgan fingerprint density at radius 1 is 1.24 bits per heavy atom. The first-order valence-corrected chi connectivity index (χ1v) is 8.07. The summed E-state index contributed by atoms with van der Waals surface area (Å²) in [5.41, 5.74) is 3.40. The quantitative estimate of drug-likeness (QED) is 0.443. The summed E-state index contributed by atoms with van der Waals surface area (Å²) in [6.07, 6.45) is 0. The molecule has 0 unspecified atom stereocenters. The zero-order valence-corrected chi connectivity index (χ0v) is 16.1. The second-order valence-corrected chi connectivity index (χ2v) is 6.03. The summed E-state index contributed by atoms with van der Waals surface area (Å²) in [6.45, 7) is 2.02. The van der Waals surface area contributed by atoms with Crippen molar-refractivity contribution < 1.29 is 9.66 Å². The summed E-state index contributed by atoms with van der Waals surface area (Å²) in [5, 5.41) is 17.0. The number of methoxy groups -OCH3 is 1. The first-order chi connectivity index (χ1) is 11.6. The van der Waals surface area contributed by atoms with Crippen LogP contribution in [0.3, 0.4) is 0 Å². The van der Waals surface area contributed by atoms with Crippen LogP contribution >= 0.6 is 28.3 Å². The van der Waals surface area contributed by atoms with Gasteiger partial charge in [-0.25, -0.2) is 4.98 Å². The lowest BCUT2D eigenvalue weighted by Gasteiger charge is -2.04. The monoisotopic (exact) mass is 421 g/mol. The number of thiazole rings is 1. The van der Waals surface area contributed by atoms with Crippen molar-refractivity contribution in [1.82, 2.24) is 4.98 Å². The molecule has 0 amide bonds. The molecule has 0 bridgehead atoms. The minimum absolute atomic E-state index is 0. The Hall–Kier alpha value is -2.45. The summed E-state index contributed by atoms with van der Waals surface area (Å²) >= 11 is 1.45. The van der Waals surface area contributed by atoms with Gasteiger partial charge in [-0.1, -0.05) is 12.1 Å². The van der Waals surface area contributed by atoms with Gasteiger partial charge in [-0.2, -0.15) is 0 Å². The molecule has 8 heteroatoms. The number of benzene rings is 2. The maximum Gasteiger partial charge on any atom is 0.311 e. The highest BCUT2D eigenvalue weighted by Crippen LogP contribution is 2.33. The van der Waals surface area contributed by atoms with E-state index in [1.807, 2.05) is 36.6 Å². The van der Waals surface area contributed by atoms with E-state index in [9.17, 15) is 10.1 Å². The molecular weight excluding hydrogens is 406 g/mol. The van der Waals surface area contributed by atoms with Crippen molar-refractivity contribution in [2.24, 2.45) is 0 Å². The molecule has 3 aromatic rings. The van der Waals surface area contributed by atoms with E-state index in [-0.39, 0.29) is 28.4 Å². The molecule has 0 aliphatic heterocycles. The highest BCUT2D eigenvalue weighted by atomic mass is 79.9. The number of hydrogen-bond acceptors (Lipinski definition) is 6. The van der Waals surface area contributed by atoms with Crippen LogP contribution in [0.5, 0.6) is 5.75 Å². The van der Waals surface area contributed by atoms with Crippen LogP contribution in [0, 0.1) is 17.0 Å². The van der Waals surface area contributed by atoms with Gasteiger partial charge < -0.3 is 10.1 Å². The Bertz CT molecular complexity index is 898. The summed E-state index contributed by atoms with van der Waals surface area (Å²) in [4.78, 5) is 15.2. The van der Waals surface area contributed by atoms with E-state index < -0.39 is 4.92 Å². The highest BCUT2D eigenvalue weighted by molar-refractivity contribution is 8.93. The standard InChI is InChI=1S/C17H15N3O3S.BrH/c1-11-4-3-5-13(8-11)18-17-19-14(10-24-17)12-6-7-16(23-2)15(9-12)20(21)22;/h3-10H,1-2H3,(H,18,19);1H. The predicted molar refractivity (Wildman–Crippen MR) is 106 cm³/mol. The van der Waals surface area contributed by atoms with Gasteiger partial charge in [-0.3, -0.25) is 10.1 Å². The van der Waals surface area contributed by atoms with Gasteiger partial charge in [0.15, 0.2) is 10.9 Å². The van der Waals surface area contributed by atoms with E-state index in [0.717, 1.165) is 16.4 Å². The average Bonchev–Trinajstić information content (AvgIpc) is 3.02. The molecule has 0 saturated heterocycles. The first kappa shape index (κ1) is 18.9. The minimum Gasteiger partial charge on any atom is -0.490 e. The lowest BCUT2D eigenvalue weighted by molar-refractivity contribution is -0.385. The Balaban J connectivity index is 0.00000225. The fourth-order valence-corrected chi connectivity index (χ4v) is 3.04. The maximum atomic E-state index is 11.1. The van der Waals surface area contributed by atoms with E-state index in [2.05, 4.69) is 10.3 Å². The van der Waals surface area contributed by atoms with Gasteiger partial charge in [0, 0.05) is 22.7 Å². The number of ether oxygens (including phenoxy) is 1. The molecule has 130 valence electrons. The van der Waals surface area contributed by atoms with E-state index >= 15 is 0 Å². The van der Waals surface area contributed by atoms with Crippen LogP contribution in [0.15, 0.2) is 47.8 Å². The third-order valence-electron chi connectivity index (χ3n) is 3.44. The molecule has 0 saturated carbocycles. The fourth-order valence-electron chi connectivity index (χ4n) is 2.30. The van der Waals surface area contributed by atoms with Crippen LogP contribution in [-0.4, -0.2) is 17.0 Å². The molecule has 0 aliphatic rings. The second kappa shape index (κ2) is 8.09. The number of anilines is 2. The Kier molecular flexibility index (Phi) is 6.11. The van der Waals surface area contributed by atoms with Gasteiger partial charge in [-0.05, 0) is 36.8 Å². The fraction of sp³-hybridized carbons (Fsp3) is 0.118. The zero-order chi connectivity index (χ0) is 17.1. The van der Waals surface area contributed by atoms with Crippen LogP contribution in [-0.2, 0) is 0 Å². The molecule has 6 nitrogen and oxygen atoms in total. The summed E-state index contributed by atoms with van der Waals surface area (Å²) in [5.74, 6) is 0.233. The van der Waals surface area contributed by atoms with Gasteiger partial charge >= 0.3 is 5.69 Å². The van der Waals surface area contributed by atoms with Crippen LogP contribution in [0.2, 0.25) is 0 Å². The molecule has 25 heavy (non-hydrogen) atoms. The van der Waals surface area contributed by atoms with E-state index in [1.54, 1.807) is 12.1 Å². The third-order valence-corrected chi connectivity index (χ3v) is 4.20. The SMILES string of the molecule is Br.COc1ccc(-c2csc(Nc3cccc(C)c3)n2)cc1[N+](=O)[O-]. The van der Waals surface area contributed by atoms with Gasteiger partial charge in [0.05, 0.1) is 17.7 Å².